The van der Waals surface area contributed by atoms with Gasteiger partial charge in [-0.05, 0) is 29.0 Å². The Hall–Kier alpha value is -0.0800. The fourth-order valence-corrected chi connectivity index (χ4v) is 2.42. The number of aryl methyl sites for hydroxylation is 1. The van der Waals surface area contributed by atoms with E-state index < -0.39 is 0 Å². The maximum Gasteiger partial charge on any atom is 0.0336 e. The van der Waals surface area contributed by atoms with Crippen molar-refractivity contribution in [3.8, 4) is 0 Å². The minimum atomic E-state index is 0.876. The van der Waals surface area contributed by atoms with Crippen molar-refractivity contribution < 1.29 is 0 Å². The summed E-state index contributed by atoms with van der Waals surface area (Å²) in [7, 11) is 0. The SMILES string of the molecule is C=C(CBr)c1sccc1CC. The summed E-state index contributed by atoms with van der Waals surface area (Å²) in [5.74, 6) is 0. The van der Waals surface area contributed by atoms with Crippen molar-refractivity contribution in [3.63, 3.8) is 0 Å². The average molecular weight is 231 g/mol. The summed E-state index contributed by atoms with van der Waals surface area (Å²) in [6.07, 6.45) is 1.10. The highest BCUT2D eigenvalue weighted by Crippen LogP contribution is 2.25. The molecule has 0 radical (unpaired) electrons. The molecule has 0 aliphatic heterocycles. The number of allylic oxidation sites excluding steroid dienone is 1. The van der Waals surface area contributed by atoms with E-state index in [1.807, 2.05) is 0 Å². The molecular weight excluding hydrogens is 220 g/mol. The van der Waals surface area contributed by atoms with Gasteiger partial charge in [-0.3, -0.25) is 0 Å². The Balaban J connectivity index is 2.92. The molecule has 1 heterocycles. The number of hydrogen-bond donors (Lipinski definition) is 0. The lowest BCUT2D eigenvalue weighted by atomic mass is 10.1. The first kappa shape index (κ1) is 9.01. The van der Waals surface area contributed by atoms with Gasteiger partial charge < -0.3 is 0 Å². The van der Waals surface area contributed by atoms with E-state index in [1.54, 1.807) is 11.3 Å². The van der Waals surface area contributed by atoms with E-state index in [0.29, 0.717) is 0 Å². The molecule has 0 saturated carbocycles. The molecule has 1 rings (SSSR count). The second kappa shape index (κ2) is 4.07. The first-order valence-corrected chi connectivity index (χ1v) is 5.60. The lowest BCUT2D eigenvalue weighted by Crippen LogP contribution is -1.84. The summed E-state index contributed by atoms with van der Waals surface area (Å²) in [5, 5.41) is 3.00. The second-order valence-electron chi connectivity index (χ2n) is 2.37. The Morgan fingerprint density at radius 2 is 2.45 bits per heavy atom. The van der Waals surface area contributed by atoms with Crippen LogP contribution in [0.2, 0.25) is 0 Å². The molecule has 0 bridgehead atoms. The molecule has 1 aromatic rings. The van der Waals surface area contributed by atoms with E-state index in [0.717, 1.165) is 11.8 Å². The van der Waals surface area contributed by atoms with Gasteiger partial charge in [0.15, 0.2) is 0 Å². The maximum absolute atomic E-state index is 3.99. The highest BCUT2D eigenvalue weighted by atomic mass is 79.9. The van der Waals surface area contributed by atoms with Gasteiger partial charge in [0.2, 0.25) is 0 Å². The molecule has 0 atom stereocenters. The quantitative estimate of drug-likeness (QED) is 0.695. The van der Waals surface area contributed by atoms with E-state index in [2.05, 4.69) is 40.9 Å². The minimum absolute atomic E-state index is 0.876. The van der Waals surface area contributed by atoms with Crippen molar-refractivity contribution in [1.29, 1.82) is 0 Å². The largest absolute Gasteiger partial charge is 0.144 e. The predicted molar refractivity (Wildman–Crippen MR) is 56.5 cm³/mol. The molecule has 0 fully saturated rings. The van der Waals surface area contributed by atoms with Gasteiger partial charge in [0.05, 0.1) is 0 Å². The summed E-state index contributed by atoms with van der Waals surface area (Å²) in [6.45, 7) is 6.16. The van der Waals surface area contributed by atoms with E-state index in [4.69, 9.17) is 0 Å². The molecule has 0 saturated heterocycles. The van der Waals surface area contributed by atoms with Gasteiger partial charge in [0.25, 0.3) is 0 Å². The monoisotopic (exact) mass is 230 g/mol. The van der Waals surface area contributed by atoms with Crippen LogP contribution in [0.4, 0.5) is 0 Å². The molecule has 2 heteroatoms. The highest BCUT2D eigenvalue weighted by molar-refractivity contribution is 9.09. The zero-order valence-electron chi connectivity index (χ0n) is 6.56. The predicted octanol–water partition coefficient (Wildman–Crippen LogP) is 3.72. The van der Waals surface area contributed by atoms with Gasteiger partial charge in [-0.1, -0.05) is 29.4 Å². The van der Waals surface area contributed by atoms with Gasteiger partial charge >= 0.3 is 0 Å². The third-order valence-corrected chi connectivity index (χ3v) is 3.35. The standard InChI is InChI=1S/C9H11BrS/c1-3-8-4-5-11-9(8)7(2)6-10/h4-5H,2-3,6H2,1H3. The van der Waals surface area contributed by atoms with Crippen LogP contribution in [0.1, 0.15) is 17.4 Å². The van der Waals surface area contributed by atoms with Crippen molar-refractivity contribution in [2.24, 2.45) is 0 Å². The van der Waals surface area contributed by atoms with E-state index in [9.17, 15) is 0 Å². The van der Waals surface area contributed by atoms with Gasteiger partial charge in [0, 0.05) is 10.2 Å². The number of thiophene rings is 1. The molecule has 60 valence electrons. The summed E-state index contributed by atoms with van der Waals surface area (Å²) < 4.78 is 0. The van der Waals surface area contributed by atoms with Crippen LogP contribution in [0.25, 0.3) is 5.57 Å². The summed E-state index contributed by atoms with van der Waals surface area (Å²) in [6, 6.07) is 2.17. The number of rotatable bonds is 3. The molecule has 11 heavy (non-hydrogen) atoms. The molecular formula is C9H11BrS. The Morgan fingerprint density at radius 1 is 1.73 bits per heavy atom. The van der Waals surface area contributed by atoms with Crippen molar-refractivity contribution in [1.82, 2.24) is 0 Å². The van der Waals surface area contributed by atoms with E-state index in [1.165, 1.54) is 16.0 Å². The van der Waals surface area contributed by atoms with Crippen LogP contribution >= 0.6 is 27.3 Å². The van der Waals surface area contributed by atoms with Crippen LogP contribution in [0, 0.1) is 0 Å². The molecule has 0 N–H and O–H groups in total. The van der Waals surface area contributed by atoms with Crippen LogP contribution in [-0.2, 0) is 6.42 Å². The maximum atomic E-state index is 3.99. The molecule has 0 aromatic carbocycles. The lowest BCUT2D eigenvalue weighted by molar-refractivity contribution is 1.15. The van der Waals surface area contributed by atoms with Crippen LogP contribution < -0.4 is 0 Å². The first-order valence-electron chi connectivity index (χ1n) is 3.60. The van der Waals surface area contributed by atoms with Crippen molar-refractivity contribution in [3.05, 3.63) is 28.5 Å². The Kier molecular flexibility index (Phi) is 3.34. The van der Waals surface area contributed by atoms with Crippen LogP contribution in [-0.4, -0.2) is 5.33 Å². The lowest BCUT2D eigenvalue weighted by Gasteiger charge is -2.00. The topological polar surface area (TPSA) is 0 Å². The fourth-order valence-electron chi connectivity index (χ4n) is 0.985. The van der Waals surface area contributed by atoms with Crippen molar-refractivity contribution in [2.45, 2.75) is 13.3 Å². The van der Waals surface area contributed by atoms with Gasteiger partial charge in [0.1, 0.15) is 0 Å². The average Bonchev–Trinajstić information content (AvgIpc) is 2.50. The van der Waals surface area contributed by atoms with Crippen molar-refractivity contribution in [2.75, 3.05) is 5.33 Å². The third kappa shape index (κ3) is 1.94. The number of hydrogen-bond acceptors (Lipinski definition) is 1. The van der Waals surface area contributed by atoms with Gasteiger partial charge in [-0.15, -0.1) is 11.3 Å². The zero-order chi connectivity index (χ0) is 8.27. The molecule has 0 aliphatic carbocycles. The Bertz CT molecular complexity index is 250. The van der Waals surface area contributed by atoms with Gasteiger partial charge in [-0.25, -0.2) is 0 Å². The minimum Gasteiger partial charge on any atom is -0.144 e. The Morgan fingerprint density at radius 3 is 3.00 bits per heavy atom. The van der Waals surface area contributed by atoms with Gasteiger partial charge in [-0.2, -0.15) is 0 Å². The van der Waals surface area contributed by atoms with Crippen LogP contribution in [0.15, 0.2) is 18.0 Å². The molecule has 0 unspecified atom stereocenters. The fraction of sp³-hybridized carbons (Fsp3) is 0.333. The number of halogens is 1. The second-order valence-corrected chi connectivity index (χ2v) is 3.84. The van der Waals surface area contributed by atoms with E-state index >= 15 is 0 Å². The van der Waals surface area contributed by atoms with Crippen LogP contribution in [0.3, 0.4) is 0 Å². The Labute approximate surface area is 80.1 Å². The first-order chi connectivity index (χ1) is 5.29. The highest BCUT2D eigenvalue weighted by Gasteiger charge is 2.03. The molecule has 0 amide bonds. The summed E-state index contributed by atoms with van der Waals surface area (Å²) in [5.41, 5.74) is 2.61. The third-order valence-electron chi connectivity index (χ3n) is 1.61. The molecule has 0 spiro atoms. The molecule has 1 aromatic heterocycles. The molecule has 0 nitrogen and oxygen atoms in total. The summed E-state index contributed by atoms with van der Waals surface area (Å²) >= 11 is 5.18. The smallest absolute Gasteiger partial charge is 0.0336 e. The number of alkyl halides is 1. The zero-order valence-corrected chi connectivity index (χ0v) is 8.96. The normalized spacial score (nSPS) is 10.0. The van der Waals surface area contributed by atoms with E-state index in [-0.39, 0.29) is 0 Å². The molecule has 0 aliphatic rings. The van der Waals surface area contributed by atoms with Crippen LogP contribution in [0.5, 0.6) is 0 Å². The van der Waals surface area contributed by atoms with Crippen molar-refractivity contribution >= 4 is 32.8 Å². The summed E-state index contributed by atoms with van der Waals surface area (Å²) in [4.78, 5) is 1.35.